The van der Waals surface area contributed by atoms with E-state index in [0.717, 1.165) is 5.56 Å². The number of aromatic nitrogens is 2. The number of methoxy groups -OCH3 is 1. The van der Waals surface area contributed by atoms with Crippen LogP contribution < -0.4 is 4.74 Å². The molecule has 104 valence electrons. The molecule has 2 aromatic rings. The van der Waals surface area contributed by atoms with E-state index < -0.39 is 0 Å². The molecule has 0 unspecified atom stereocenters. The van der Waals surface area contributed by atoms with Gasteiger partial charge in [-0.05, 0) is 26.0 Å². The van der Waals surface area contributed by atoms with Crippen molar-refractivity contribution >= 4 is 5.97 Å². The molecule has 20 heavy (non-hydrogen) atoms. The van der Waals surface area contributed by atoms with Crippen LogP contribution in [0.4, 0.5) is 0 Å². The first-order valence-electron chi connectivity index (χ1n) is 6.27. The third-order valence-electron chi connectivity index (χ3n) is 2.57. The SMILES string of the molecule is COC(=O)c1ccc(-c2cncc(OC(C)C)n2)cc1. The number of rotatable bonds is 4. The highest BCUT2D eigenvalue weighted by molar-refractivity contribution is 5.89. The lowest BCUT2D eigenvalue weighted by molar-refractivity contribution is 0.0601. The van der Waals surface area contributed by atoms with Gasteiger partial charge in [-0.25, -0.2) is 9.78 Å². The Balaban J connectivity index is 2.25. The van der Waals surface area contributed by atoms with Crippen LogP contribution in [0.25, 0.3) is 11.3 Å². The second kappa shape index (κ2) is 6.14. The van der Waals surface area contributed by atoms with E-state index in [-0.39, 0.29) is 12.1 Å². The highest BCUT2D eigenvalue weighted by Crippen LogP contribution is 2.19. The van der Waals surface area contributed by atoms with Crippen LogP contribution in [0.2, 0.25) is 0 Å². The van der Waals surface area contributed by atoms with E-state index in [1.165, 1.54) is 7.11 Å². The van der Waals surface area contributed by atoms with Crippen LogP contribution in [0.1, 0.15) is 24.2 Å². The molecule has 5 heteroatoms. The molecule has 2 rings (SSSR count). The standard InChI is InChI=1S/C15H16N2O3/c1-10(2)20-14-9-16-8-13(17-14)11-4-6-12(7-5-11)15(18)19-3/h4-10H,1-3H3. The number of benzene rings is 1. The second-order valence-electron chi connectivity index (χ2n) is 4.48. The van der Waals surface area contributed by atoms with Gasteiger partial charge in [0, 0.05) is 5.56 Å². The van der Waals surface area contributed by atoms with Gasteiger partial charge in [-0.15, -0.1) is 0 Å². The summed E-state index contributed by atoms with van der Waals surface area (Å²) in [6.45, 7) is 3.86. The molecule has 0 saturated carbocycles. The Hall–Kier alpha value is -2.43. The van der Waals surface area contributed by atoms with E-state index >= 15 is 0 Å². The molecule has 1 aromatic carbocycles. The number of nitrogens with zero attached hydrogens (tertiary/aromatic N) is 2. The lowest BCUT2D eigenvalue weighted by Gasteiger charge is -2.09. The van der Waals surface area contributed by atoms with Crippen molar-refractivity contribution in [2.45, 2.75) is 20.0 Å². The van der Waals surface area contributed by atoms with Gasteiger partial charge in [0.2, 0.25) is 5.88 Å². The molecule has 0 saturated heterocycles. The summed E-state index contributed by atoms with van der Waals surface area (Å²) in [7, 11) is 1.36. The van der Waals surface area contributed by atoms with Crippen molar-refractivity contribution in [1.82, 2.24) is 9.97 Å². The van der Waals surface area contributed by atoms with E-state index in [1.807, 2.05) is 13.8 Å². The molecule has 0 spiro atoms. The van der Waals surface area contributed by atoms with E-state index in [9.17, 15) is 4.79 Å². The third kappa shape index (κ3) is 3.32. The van der Waals surface area contributed by atoms with Gasteiger partial charge in [-0.2, -0.15) is 0 Å². The van der Waals surface area contributed by atoms with Gasteiger partial charge in [0.05, 0.1) is 36.9 Å². The van der Waals surface area contributed by atoms with Crippen LogP contribution in [0, 0.1) is 0 Å². The lowest BCUT2D eigenvalue weighted by atomic mass is 10.1. The Morgan fingerprint density at radius 2 is 1.85 bits per heavy atom. The fourth-order valence-electron chi connectivity index (χ4n) is 1.68. The predicted molar refractivity (Wildman–Crippen MR) is 74.6 cm³/mol. The van der Waals surface area contributed by atoms with E-state index in [0.29, 0.717) is 17.1 Å². The molecule has 1 aromatic heterocycles. The smallest absolute Gasteiger partial charge is 0.337 e. The Labute approximate surface area is 117 Å². The number of hydrogen-bond donors (Lipinski definition) is 0. The highest BCUT2D eigenvalue weighted by Gasteiger charge is 2.07. The molecule has 0 aliphatic rings. The minimum atomic E-state index is -0.362. The normalized spacial score (nSPS) is 10.4. The molecule has 0 N–H and O–H groups in total. The fourth-order valence-corrected chi connectivity index (χ4v) is 1.68. The maximum Gasteiger partial charge on any atom is 0.337 e. The summed E-state index contributed by atoms with van der Waals surface area (Å²) in [5.41, 5.74) is 2.05. The summed E-state index contributed by atoms with van der Waals surface area (Å²) >= 11 is 0. The maximum absolute atomic E-state index is 11.4. The van der Waals surface area contributed by atoms with Crippen LogP contribution in [-0.2, 0) is 4.74 Å². The van der Waals surface area contributed by atoms with Gasteiger partial charge < -0.3 is 9.47 Å². The Morgan fingerprint density at radius 1 is 1.15 bits per heavy atom. The molecule has 0 aliphatic carbocycles. The van der Waals surface area contributed by atoms with Gasteiger partial charge >= 0.3 is 5.97 Å². The summed E-state index contributed by atoms with van der Waals surface area (Å²) in [4.78, 5) is 19.9. The summed E-state index contributed by atoms with van der Waals surface area (Å²) in [5.74, 6) is 0.120. The summed E-state index contributed by atoms with van der Waals surface area (Å²) in [6.07, 6.45) is 3.27. The second-order valence-corrected chi connectivity index (χ2v) is 4.48. The van der Waals surface area contributed by atoms with Crippen molar-refractivity contribution in [3.8, 4) is 17.1 Å². The van der Waals surface area contributed by atoms with Crippen LogP contribution in [0.15, 0.2) is 36.7 Å². The van der Waals surface area contributed by atoms with E-state index in [2.05, 4.69) is 14.7 Å². The quantitative estimate of drug-likeness (QED) is 0.801. The monoisotopic (exact) mass is 272 g/mol. The van der Waals surface area contributed by atoms with Crippen LogP contribution in [0.5, 0.6) is 5.88 Å². The van der Waals surface area contributed by atoms with E-state index in [4.69, 9.17) is 4.74 Å². The van der Waals surface area contributed by atoms with Crippen LogP contribution in [-0.4, -0.2) is 29.2 Å². The Bertz CT molecular complexity index is 594. The maximum atomic E-state index is 11.4. The zero-order valence-corrected chi connectivity index (χ0v) is 11.7. The Kier molecular flexibility index (Phi) is 4.30. The molecular formula is C15H16N2O3. The summed E-state index contributed by atoms with van der Waals surface area (Å²) in [6, 6.07) is 6.99. The molecule has 0 bridgehead atoms. The topological polar surface area (TPSA) is 61.3 Å². The highest BCUT2D eigenvalue weighted by atomic mass is 16.5. The predicted octanol–water partition coefficient (Wildman–Crippen LogP) is 2.72. The number of hydrogen-bond acceptors (Lipinski definition) is 5. The molecule has 0 fully saturated rings. The van der Waals surface area contributed by atoms with Crippen molar-refractivity contribution < 1.29 is 14.3 Å². The van der Waals surface area contributed by atoms with Gasteiger partial charge in [-0.3, -0.25) is 4.98 Å². The minimum absolute atomic E-state index is 0.0428. The van der Waals surface area contributed by atoms with Crippen molar-refractivity contribution in [1.29, 1.82) is 0 Å². The van der Waals surface area contributed by atoms with Gasteiger partial charge in [-0.1, -0.05) is 12.1 Å². The minimum Gasteiger partial charge on any atom is -0.474 e. The van der Waals surface area contributed by atoms with Crippen LogP contribution >= 0.6 is 0 Å². The molecule has 5 nitrogen and oxygen atoms in total. The zero-order valence-electron chi connectivity index (χ0n) is 11.7. The number of esters is 1. The third-order valence-corrected chi connectivity index (χ3v) is 2.57. The number of carbonyl (C=O) groups excluding carboxylic acids is 1. The molecular weight excluding hydrogens is 256 g/mol. The molecule has 0 aliphatic heterocycles. The van der Waals surface area contributed by atoms with Gasteiger partial charge in [0.25, 0.3) is 0 Å². The van der Waals surface area contributed by atoms with Crippen molar-refractivity contribution in [2.24, 2.45) is 0 Å². The number of ether oxygens (including phenoxy) is 2. The lowest BCUT2D eigenvalue weighted by Crippen LogP contribution is -2.07. The first kappa shape index (κ1) is 14.0. The number of carbonyl (C=O) groups is 1. The first-order chi connectivity index (χ1) is 9.60. The van der Waals surface area contributed by atoms with Crippen molar-refractivity contribution in [3.05, 3.63) is 42.2 Å². The molecule has 0 atom stereocenters. The molecule has 1 heterocycles. The summed E-state index contributed by atoms with van der Waals surface area (Å²) in [5, 5.41) is 0. The molecule has 0 radical (unpaired) electrons. The van der Waals surface area contributed by atoms with Crippen LogP contribution in [0.3, 0.4) is 0 Å². The van der Waals surface area contributed by atoms with Crippen molar-refractivity contribution in [2.75, 3.05) is 7.11 Å². The largest absolute Gasteiger partial charge is 0.474 e. The van der Waals surface area contributed by atoms with E-state index in [1.54, 1.807) is 36.7 Å². The van der Waals surface area contributed by atoms with Gasteiger partial charge in [0.15, 0.2) is 0 Å². The zero-order chi connectivity index (χ0) is 14.5. The average Bonchev–Trinajstić information content (AvgIpc) is 2.46. The fraction of sp³-hybridized carbons (Fsp3) is 0.267. The Morgan fingerprint density at radius 3 is 2.45 bits per heavy atom. The average molecular weight is 272 g/mol. The van der Waals surface area contributed by atoms with Crippen molar-refractivity contribution in [3.63, 3.8) is 0 Å². The first-order valence-corrected chi connectivity index (χ1v) is 6.27. The van der Waals surface area contributed by atoms with Gasteiger partial charge in [0.1, 0.15) is 0 Å². The summed E-state index contributed by atoms with van der Waals surface area (Å²) < 4.78 is 10.2. The molecule has 0 amide bonds.